The fraction of sp³-hybridized carbons (Fsp3) is 0.105. The minimum absolute atomic E-state index is 0.146. The molecule has 0 aliphatic carbocycles. The lowest BCUT2D eigenvalue weighted by atomic mass is 10.3. The maximum absolute atomic E-state index is 12.9. The van der Waals surface area contributed by atoms with E-state index >= 15 is 0 Å². The number of amides is 1. The number of ether oxygens (including phenoxy) is 1. The standard InChI is InChI=1S/C19H13ClFN3O2S3/c20-16-6-5-15(29-16)14-10-28-19(23-14)24-17(25)7-12-9-27-18(22-12)8-26-13-3-1-11(21)2-4-13/h1-6,9-10H,7-8H2,(H,23,24,25). The van der Waals surface area contributed by atoms with E-state index in [-0.39, 0.29) is 24.8 Å². The molecular weight excluding hydrogens is 453 g/mol. The van der Waals surface area contributed by atoms with Gasteiger partial charge in [0, 0.05) is 10.8 Å². The Bertz CT molecular complexity index is 1120. The average molecular weight is 466 g/mol. The van der Waals surface area contributed by atoms with Crippen LogP contribution in [0.2, 0.25) is 4.34 Å². The van der Waals surface area contributed by atoms with Crippen molar-refractivity contribution in [2.24, 2.45) is 0 Å². The van der Waals surface area contributed by atoms with E-state index in [0.29, 0.717) is 20.9 Å². The SMILES string of the molecule is O=C(Cc1csc(COc2ccc(F)cc2)n1)Nc1nc(-c2ccc(Cl)s2)cs1. The molecule has 1 aromatic carbocycles. The molecule has 1 N–H and O–H groups in total. The summed E-state index contributed by atoms with van der Waals surface area (Å²) >= 11 is 10.2. The Morgan fingerprint density at radius 3 is 2.69 bits per heavy atom. The van der Waals surface area contributed by atoms with Crippen LogP contribution in [0.5, 0.6) is 5.75 Å². The van der Waals surface area contributed by atoms with Crippen LogP contribution in [0.15, 0.2) is 47.2 Å². The Morgan fingerprint density at radius 1 is 1.10 bits per heavy atom. The van der Waals surface area contributed by atoms with Crippen LogP contribution in [0.4, 0.5) is 9.52 Å². The number of thiazole rings is 2. The molecule has 3 aromatic heterocycles. The summed E-state index contributed by atoms with van der Waals surface area (Å²) in [5, 5.41) is 7.77. The van der Waals surface area contributed by atoms with Crippen LogP contribution in [-0.2, 0) is 17.8 Å². The van der Waals surface area contributed by atoms with E-state index in [1.165, 1.54) is 46.1 Å². The van der Waals surface area contributed by atoms with Crippen molar-refractivity contribution in [2.45, 2.75) is 13.0 Å². The summed E-state index contributed by atoms with van der Waals surface area (Å²) in [4.78, 5) is 22.1. The summed E-state index contributed by atoms with van der Waals surface area (Å²) in [5.74, 6) is 0.0605. The number of nitrogens with one attached hydrogen (secondary N) is 1. The van der Waals surface area contributed by atoms with Gasteiger partial charge >= 0.3 is 0 Å². The maximum atomic E-state index is 12.9. The highest BCUT2D eigenvalue weighted by Gasteiger charge is 2.12. The van der Waals surface area contributed by atoms with Gasteiger partial charge in [-0.25, -0.2) is 14.4 Å². The molecule has 3 heterocycles. The van der Waals surface area contributed by atoms with E-state index < -0.39 is 0 Å². The van der Waals surface area contributed by atoms with Gasteiger partial charge in [0.2, 0.25) is 5.91 Å². The first-order valence-electron chi connectivity index (χ1n) is 8.38. The summed E-state index contributed by atoms with van der Waals surface area (Å²) in [6, 6.07) is 9.51. The van der Waals surface area contributed by atoms with Gasteiger partial charge in [-0.2, -0.15) is 0 Å². The van der Waals surface area contributed by atoms with Crippen molar-refractivity contribution in [3.8, 4) is 16.3 Å². The molecule has 0 aliphatic rings. The summed E-state index contributed by atoms with van der Waals surface area (Å²) in [6.45, 7) is 0.261. The number of rotatable bonds is 7. The second-order valence-electron chi connectivity index (χ2n) is 5.84. The number of hydrogen-bond donors (Lipinski definition) is 1. The van der Waals surface area contributed by atoms with Crippen LogP contribution < -0.4 is 10.1 Å². The molecule has 10 heteroatoms. The molecule has 4 aromatic rings. The third-order valence-electron chi connectivity index (χ3n) is 3.69. The highest BCUT2D eigenvalue weighted by atomic mass is 35.5. The van der Waals surface area contributed by atoms with Crippen molar-refractivity contribution in [1.82, 2.24) is 9.97 Å². The van der Waals surface area contributed by atoms with Gasteiger partial charge in [-0.15, -0.1) is 34.0 Å². The predicted octanol–water partition coefficient (Wildman–Crippen LogP) is 5.88. The van der Waals surface area contributed by atoms with E-state index in [9.17, 15) is 9.18 Å². The van der Waals surface area contributed by atoms with Gasteiger partial charge in [-0.05, 0) is 36.4 Å². The summed E-state index contributed by atoms with van der Waals surface area (Å²) in [7, 11) is 0. The van der Waals surface area contributed by atoms with Crippen LogP contribution in [0, 0.1) is 5.82 Å². The second kappa shape index (κ2) is 9.00. The van der Waals surface area contributed by atoms with Crippen molar-refractivity contribution < 1.29 is 13.9 Å². The molecule has 0 bridgehead atoms. The zero-order valence-electron chi connectivity index (χ0n) is 14.7. The van der Waals surface area contributed by atoms with Crippen LogP contribution in [0.1, 0.15) is 10.7 Å². The van der Waals surface area contributed by atoms with Crippen molar-refractivity contribution in [2.75, 3.05) is 5.32 Å². The van der Waals surface area contributed by atoms with Crippen LogP contribution in [-0.4, -0.2) is 15.9 Å². The Balaban J connectivity index is 1.30. The second-order valence-corrected chi connectivity index (χ2v) is 9.36. The molecule has 0 fully saturated rings. The highest BCUT2D eigenvalue weighted by Crippen LogP contribution is 2.32. The number of hydrogen-bond acceptors (Lipinski definition) is 7. The van der Waals surface area contributed by atoms with Crippen molar-refractivity contribution >= 4 is 56.7 Å². The van der Waals surface area contributed by atoms with Crippen LogP contribution >= 0.6 is 45.6 Å². The first kappa shape index (κ1) is 20.0. The number of nitrogens with zero attached hydrogens (tertiary/aromatic N) is 2. The number of carbonyl (C=O) groups is 1. The average Bonchev–Trinajstić information content (AvgIpc) is 3.43. The lowest BCUT2D eigenvalue weighted by molar-refractivity contribution is -0.115. The monoisotopic (exact) mass is 465 g/mol. The molecule has 29 heavy (non-hydrogen) atoms. The van der Waals surface area contributed by atoms with Gasteiger partial charge in [0.25, 0.3) is 0 Å². The first-order valence-corrected chi connectivity index (χ1v) is 11.3. The molecular formula is C19H13ClFN3O2S3. The number of anilines is 1. The summed E-state index contributed by atoms with van der Waals surface area (Å²) < 4.78 is 19.2. The topological polar surface area (TPSA) is 64.1 Å². The molecule has 0 spiro atoms. The summed E-state index contributed by atoms with van der Waals surface area (Å²) in [6.07, 6.45) is 0.146. The molecule has 1 amide bonds. The number of aromatic nitrogens is 2. The van der Waals surface area contributed by atoms with Gasteiger partial charge in [-0.3, -0.25) is 4.79 Å². The van der Waals surface area contributed by atoms with Gasteiger partial charge in [0.15, 0.2) is 5.13 Å². The molecule has 148 valence electrons. The minimum Gasteiger partial charge on any atom is -0.486 e. The van der Waals surface area contributed by atoms with Crippen molar-refractivity contribution in [1.29, 1.82) is 0 Å². The molecule has 0 radical (unpaired) electrons. The van der Waals surface area contributed by atoms with E-state index in [0.717, 1.165) is 15.6 Å². The zero-order chi connectivity index (χ0) is 20.2. The quantitative estimate of drug-likeness (QED) is 0.370. The summed E-state index contributed by atoms with van der Waals surface area (Å²) in [5.41, 5.74) is 1.45. The van der Waals surface area contributed by atoms with E-state index in [2.05, 4.69) is 15.3 Å². The molecule has 0 saturated carbocycles. The van der Waals surface area contributed by atoms with E-state index in [1.54, 1.807) is 12.1 Å². The lowest BCUT2D eigenvalue weighted by Gasteiger charge is -2.03. The molecule has 5 nitrogen and oxygen atoms in total. The van der Waals surface area contributed by atoms with Gasteiger partial charge < -0.3 is 10.1 Å². The fourth-order valence-corrected chi connectivity index (χ4v) is 4.91. The Morgan fingerprint density at radius 2 is 1.93 bits per heavy atom. The molecule has 0 aliphatic heterocycles. The third kappa shape index (κ3) is 5.39. The van der Waals surface area contributed by atoms with Crippen molar-refractivity contribution in [3.63, 3.8) is 0 Å². The third-order valence-corrected chi connectivity index (χ3v) is 6.58. The molecule has 0 unspecified atom stereocenters. The first-order chi connectivity index (χ1) is 14.0. The van der Waals surface area contributed by atoms with Gasteiger partial charge in [-0.1, -0.05) is 11.6 Å². The van der Waals surface area contributed by atoms with Crippen molar-refractivity contribution in [3.05, 3.63) is 68.0 Å². The van der Waals surface area contributed by atoms with E-state index in [1.807, 2.05) is 22.9 Å². The smallest absolute Gasteiger partial charge is 0.232 e. The molecule has 4 rings (SSSR count). The van der Waals surface area contributed by atoms with Crippen LogP contribution in [0.3, 0.4) is 0 Å². The lowest BCUT2D eigenvalue weighted by Crippen LogP contribution is -2.14. The minimum atomic E-state index is -0.313. The number of carbonyl (C=O) groups excluding carboxylic acids is 1. The Hall–Kier alpha value is -2.33. The Labute approximate surface area is 182 Å². The largest absolute Gasteiger partial charge is 0.486 e. The Kier molecular flexibility index (Phi) is 6.19. The zero-order valence-corrected chi connectivity index (χ0v) is 17.9. The number of benzene rings is 1. The maximum Gasteiger partial charge on any atom is 0.232 e. The molecule has 0 atom stereocenters. The fourth-order valence-electron chi connectivity index (χ4n) is 2.40. The normalized spacial score (nSPS) is 10.8. The number of halogens is 2. The van der Waals surface area contributed by atoms with Crippen LogP contribution in [0.25, 0.3) is 10.6 Å². The predicted molar refractivity (Wildman–Crippen MR) is 116 cm³/mol. The molecule has 0 saturated heterocycles. The van der Waals surface area contributed by atoms with E-state index in [4.69, 9.17) is 16.3 Å². The number of thiophene rings is 1. The highest BCUT2D eigenvalue weighted by molar-refractivity contribution is 7.20. The van der Waals surface area contributed by atoms with Gasteiger partial charge in [0.05, 0.1) is 27.0 Å². The van der Waals surface area contributed by atoms with Gasteiger partial charge in [0.1, 0.15) is 23.2 Å².